The Hall–Kier alpha value is -2.32. The van der Waals surface area contributed by atoms with Gasteiger partial charge in [-0.15, -0.1) is 11.3 Å². The van der Waals surface area contributed by atoms with Crippen molar-refractivity contribution in [3.8, 4) is 5.88 Å². The maximum absolute atomic E-state index is 13.4. The summed E-state index contributed by atoms with van der Waals surface area (Å²) in [5.74, 6) is -0.311. The zero-order valence-electron chi connectivity index (χ0n) is 17.3. The molecule has 32 heavy (non-hydrogen) atoms. The smallest absolute Gasteiger partial charge is 0.390 e. The van der Waals surface area contributed by atoms with Crippen LogP contribution in [0.25, 0.3) is 0 Å². The fourth-order valence-corrected chi connectivity index (χ4v) is 4.10. The molecule has 0 aliphatic heterocycles. The fourth-order valence-electron chi connectivity index (χ4n) is 2.74. The van der Waals surface area contributed by atoms with Gasteiger partial charge in [0.25, 0.3) is 5.91 Å². The van der Waals surface area contributed by atoms with Crippen LogP contribution < -0.4 is 9.64 Å². The second kappa shape index (κ2) is 11.0. The number of halogens is 3. The number of carbonyl (C=O) groups is 2. The zero-order valence-corrected chi connectivity index (χ0v) is 20.4. The Balaban J connectivity index is 1.92. The van der Waals surface area contributed by atoms with Crippen LogP contribution in [0.3, 0.4) is 0 Å². The number of amides is 2. The topological polar surface area (TPSA) is 62.7 Å². The third-order valence-electron chi connectivity index (χ3n) is 4.46. The molecule has 1 heterocycles. The molecule has 0 aliphatic carbocycles. The molecular weight excluding hydrogens is 493 g/mol. The summed E-state index contributed by atoms with van der Waals surface area (Å²) in [5, 5.41) is 3.03. The van der Waals surface area contributed by atoms with Crippen LogP contribution in [-0.4, -0.2) is 35.5 Å². The largest absolute Gasteiger partial charge is 0.416 e. The van der Waals surface area contributed by atoms with E-state index in [2.05, 4.69) is 4.98 Å². The van der Waals surface area contributed by atoms with Crippen molar-refractivity contribution in [1.82, 2.24) is 9.88 Å². The van der Waals surface area contributed by atoms with Crippen molar-refractivity contribution in [2.45, 2.75) is 19.8 Å². The number of ether oxygens (including phenoxy) is 1. The summed E-state index contributed by atoms with van der Waals surface area (Å²) in [6, 6.07) is 11.3. The molecule has 0 bridgehead atoms. The first-order valence-electron chi connectivity index (χ1n) is 9.73. The number of unbranched alkanes of at least 4 members (excludes halogenated alkanes) is 1. The molecule has 3 aromatic rings. The molecule has 0 atom stereocenters. The maximum Gasteiger partial charge on any atom is 0.416 e. The normalized spacial score (nSPS) is 10.7. The van der Waals surface area contributed by atoms with Crippen LogP contribution in [0.1, 0.15) is 30.1 Å². The number of aromatic nitrogens is 1. The molecular formula is C22H20Cl3N3O3S. The standard InChI is InChI=1S/C22H20Cl3N3O3S/c1-3-4-11-27(2)22(30)31-19-13-32-21(26-19)28(16-8-5-14(23)6-9-16)20(29)17-10-7-15(24)12-18(17)25/h5-10,12-13H,3-4,11H2,1-2H3. The fraction of sp³-hybridized carbons (Fsp3) is 0.227. The highest BCUT2D eigenvalue weighted by Crippen LogP contribution is 2.35. The van der Waals surface area contributed by atoms with Crippen molar-refractivity contribution >= 4 is 69.0 Å². The number of hydrogen-bond acceptors (Lipinski definition) is 5. The quantitative estimate of drug-likeness (QED) is 0.333. The van der Waals surface area contributed by atoms with Crippen LogP contribution in [0.2, 0.25) is 15.1 Å². The molecule has 1 aromatic heterocycles. The Kier molecular flexibility index (Phi) is 8.37. The second-order valence-corrected chi connectivity index (χ2v) is 8.97. The first-order chi connectivity index (χ1) is 15.3. The number of nitrogens with zero attached hydrogens (tertiary/aromatic N) is 3. The predicted molar refractivity (Wildman–Crippen MR) is 130 cm³/mol. The van der Waals surface area contributed by atoms with Gasteiger partial charge < -0.3 is 9.64 Å². The van der Waals surface area contributed by atoms with Gasteiger partial charge in [0.1, 0.15) is 0 Å². The highest BCUT2D eigenvalue weighted by molar-refractivity contribution is 7.14. The van der Waals surface area contributed by atoms with E-state index in [1.807, 2.05) is 6.92 Å². The average molecular weight is 513 g/mol. The number of rotatable bonds is 7. The lowest BCUT2D eigenvalue weighted by atomic mass is 10.2. The Morgan fingerprint density at radius 1 is 1.06 bits per heavy atom. The van der Waals surface area contributed by atoms with E-state index >= 15 is 0 Å². The van der Waals surface area contributed by atoms with Gasteiger partial charge in [0.05, 0.1) is 21.7 Å². The molecule has 10 heteroatoms. The monoisotopic (exact) mass is 511 g/mol. The Morgan fingerprint density at radius 2 is 1.75 bits per heavy atom. The van der Waals surface area contributed by atoms with E-state index in [0.717, 1.165) is 24.2 Å². The van der Waals surface area contributed by atoms with Gasteiger partial charge in [-0.3, -0.25) is 9.69 Å². The van der Waals surface area contributed by atoms with E-state index < -0.39 is 12.0 Å². The molecule has 0 spiro atoms. The van der Waals surface area contributed by atoms with Crippen molar-refractivity contribution in [2.75, 3.05) is 18.5 Å². The third kappa shape index (κ3) is 5.92. The highest BCUT2D eigenvalue weighted by atomic mass is 35.5. The van der Waals surface area contributed by atoms with Crippen LogP contribution in [-0.2, 0) is 0 Å². The summed E-state index contributed by atoms with van der Waals surface area (Å²) in [6.45, 7) is 2.62. The summed E-state index contributed by atoms with van der Waals surface area (Å²) in [6.07, 6.45) is 1.32. The van der Waals surface area contributed by atoms with Crippen molar-refractivity contribution in [3.05, 3.63) is 68.5 Å². The maximum atomic E-state index is 13.4. The first kappa shape index (κ1) is 24.3. The molecule has 3 rings (SSSR count). The number of benzene rings is 2. The Labute approximate surface area is 205 Å². The number of hydrogen-bond donors (Lipinski definition) is 0. The van der Waals surface area contributed by atoms with E-state index in [9.17, 15) is 9.59 Å². The van der Waals surface area contributed by atoms with Gasteiger partial charge in [-0.2, -0.15) is 4.98 Å². The molecule has 0 saturated carbocycles. The molecule has 0 fully saturated rings. The lowest BCUT2D eigenvalue weighted by Crippen LogP contribution is -2.30. The van der Waals surface area contributed by atoms with Gasteiger partial charge in [-0.05, 0) is 48.9 Å². The van der Waals surface area contributed by atoms with Crippen LogP contribution in [0.15, 0.2) is 47.8 Å². The summed E-state index contributed by atoms with van der Waals surface area (Å²) in [5.41, 5.74) is 0.775. The molecule has 0 aliphatic rings. The molecule has 2 aromatic carbocycles. The van der Waals surface area contributed by atoms with Crippen LogP contribution in [0.5, 0.6) is 5.88 Å². The van der Waals surface area contributed by atoms with Crippen molar-refractivity contribution in [2.24, 2.45) is 0 Å². The molecule has 0 saturated heterocycles. The van der Waals surface area contributed by atoms with E-state index in [4.69, 9.17) is 39.5 Å². The average Bonchev–Trinajstić information content (AvgIpc) is 3.21. The van der Waals surface area contributed by atoms with Gasteiger partial charge in [0.15, 0.2) is 0 Å². The Morgan fingerprint density at radius 3 is 2.41 bits per heavy atom. The minimum Gasteiger partial charge on any atom is -0.390 e. The van der Waals surface area contributed by atoms with Crippen LogP contribution in [0, 0.1) is 0 Å². The van der Waals surface area contributed by atoms with Crippen LogP contribution in [0.4, 0.5) is 15.6 Å². The minimum atomic E-state index is -0.514. The zero-order chi connectivity index (χ0) is 23.3. The summed E-state index contributed by atoms with van der Waals surface area (Å²) in [7, 11) is 1.66. The van der Waals surface area contributed by atoms with Gasteiger partial charge in [0.2, 0.25) is 11.0 Å². The third-order valence-corrected chi connectivity index (χ3v) is 6.07. The predicted octanol–water partition coefficient (Wildman–Crippen LogP) is 7.31. The van der Waals surface area contributed by atoms with Crippen molar-refractivity contribution in [3.63, 3.8) is 0 Å². The van der Waals surface area contributed by atoms with E-state index in [1.54, 1.807) is 48.8 Å². The lowest BCUT2D eigenvalue weighted by Gasteiger charge is -2.21. The molecule has 2 amide bonds. The lowest BCUT2D eigenvalue weighted by molar-refractivity contribution is 0.0999. The van der Waals surface area contributed by atoms with Gasteiger partial charge in [0, 0.05) is 23.6 Å². The van der Waals surface area contributed by atoms with Gasteiger partial charge >= 0.3 is 6.09 Å². The summed E-state index contributed by atoms with van der Waals surface area (Å²) >= 11 is 19.4. The van der Waals surface area contributed by atoms with E-state index in [-0.39, 0.29) is 16.5 Å². The summed E-state index contributed by atoms with van der Waals surface area (Å²) in [4.78, 5) is 32.9. The number of carbonyl (C=O) groups excluding carboxylic acids is 2. The second-order valence-electron chi connectivity index (χ2n) is 6.85. The van der Waals surface area contributed by atoms with E-state index in [0.29, 0.717) is 27.4 Å². The SMILES string of the molecule is CCCCN(C)C(=O)Oc1csc(N(C(=O)c2ccc(Cl)cc2Cl)c2ccc(Cl)cc2)n1. The molecule has 0 unspecified atom stereocenters. The molecule has 0 radical (unpaired) electrons. The van der Waals surface area contributed by atoms with Gasteiger partial charge in [-0.1, -0.05) is 48.1 Å². The van der Waals surface area contributed by atoms with Crippen molar-refractivity contribution in [1.29, 1.82) is 0 Å². The molecule has 6 nitrogen and oxygen atoms in total. The van der Waals surface area contributed by atoms with Gasteiger partial charge in [-0.25, -0.2) is 4.79 Å². The Bertz CT molecular complexity index is 1110. The van der Waals surface area contributed by atoms with Crippen molar-refractivity contribution < 1.29 is 14.3 Å². The number of thiazole rings is 1. The minimum absolute atomic E-state index is 0.104. The summed E-state index contributed by atoms with van der Waals surface area (Å²) < 4.78 is 5.37. The number of anilines is 2. The molecule has 0 N–H and O–H groups in total. The van der Waals surface area contributed by atoms with Crippen LogP contribution >= 0.6 is 46.1 Å². The first-order valence-corrected chi connectivity index (χ1v) is 11.7. The molecule has 168 valence electrons. The highest BCUT2D eigenvalue weighted by Gasteiger charge is 2.26. The van der Waals surface area contributed by atoms with E-state index in [1.165, 1.54) is 15.9 Å².